The van der Waals surface area contributed by atoms with Crippen LogP contribution in [0, 0.1) is 5.92 Å². The van der Waals surface area contributed by atoms with Gasteiger partial charge in [-0.05, 0) is 67.6 Å². The summed E-state index contributed by atoms with van der Waals surface area (Å²) in [6.07, 6.45) is 12.5. The first-order valence-corrected chi connectivity index (χ1v) is 16.4. The Hall–Kier alpha value is -4.43. The molecule has 3 aromatic carbocycles. The van der Waals surface area contributed by atoms with Crippen LogP contribution in [0.3, 0.4) is 0 Å². The van der Waals surface area contributed by atoms with E-state index in [-0.39, 0.29) is 11.9 Å². The van der Waals surface area contributed by atoms with Gasteiger partial charge in [0.05, 0.1) is 23.6 Å². The molecular formula is C37H46N6O2. The zero-order valence-electron chi connectivity index (χ0n) is 26.4. The third-order valence-electron chi connectivity index (χ3n) is 8.87. The lowest BCUT2D eigenvalue weighted by molar-refractivity contribution is 0.0931. The van der Waals surface area contributed by atoms with Gasteiger partial charge in [0, 0.05) is 31.2 Å². The third-order valence-corrected chi connectivity index (χ3v) is 8.87. The molecule has 1 aromatic heterocycles. The summed E-state index contributed by atoms with van der Waals surface area (Å²) in [5, 5.41) is 3.21. The number of piperidine rings is 1. The van der Waals surface area contributed by atoms with Crippen molar-refractivity contribution in [3.8, 4) is 5.69 Å². The Bertz CT molecular complexity index is 1440. The fourth-order valence-electron chi connectivity index (χ4n) is 6.37. The fraction of sp³-hybridized carbons (Fsp3) is 0.378. The van der Waals surface area contributed by atoms with E-state index in [1.54, 1.807) is 17.4 Å². The number of amides is 3. The van der Waals surface area contributed by atoms with Crippen LogP contribution in [0.5, 0.6) is 0 Å². The molecule has 0 unspecified atom stereocenters. The largest absolute Gasteiger partial charge is 0.352 e. The maximum absolute atomic E-state index is 13.8. The molecule has 0 radical (unpaired) electrons. The monoisotopic (exact) mass is 606 g/mol. The zero-order chi connectivity index (χ0) is 31.4. The lowest BCUT2D eigenvalue weighted by Crippen LogP contribution is -2.41. The Morgan fingerprint density at radius 3 is 2.20 bits per heavy atom. The second kappa shape index (κ2) is 16.0. The van der Waals surface area contributed by atoms with Crippen molar-refractivity contribution in [2.24, 2.45) is 11.7 Å². The van der Waals surface area contributed by atoms with Crippen LogP contribution in [0.2, 0.25) is 0 Å². The van der Waals surface area contributed by atoms with Crippen LogP contribution in [0.1, 0.15) is 79.4 Å². The van der Waals surface area contributed by atoms with Gasteiger partial charge >= 0.3 is 6.03 Å². The average molecular weight is 607 g/mol. The van der Waals surface area contributed by atoms with Crippen LogP contribution in [0.15, 0.2) is 97.6 Å². The van der Waals surface area contributed by atoms with E-state index >= 15 is 0 Å². The summed E-state index contributed by atoms with van der Waals surface area (Å²) in [5.41, 5.74) is 10.2. The first-order valence-electron chi connectivity index (χ1n) is 16.4. The lowest BCUT2D eigenvalue weighted by Gasteiger charge is -2.38. The number of primary amides is 1. The number of aromatic nitrogens is 2. The Balaban J connectivity index is 1.27. The fourth-order valence-corrected chi connectivity index (χ4v) is 6.37. The number of urea groups is 1. The van der Waals surface area contributed by atoms with E-state index in [2.05, 4.69) is 82.8 Å². The van der Waals surface area contributed by atoms with Crippen LogP contribution < -0.4 is 16.0 Å². The molecule has 3 amide bonds. The highest BCUT2D eigenvalue weighted by Crippen LogP contribution is 2.32. The van der Waals surface area contributed by atoms with Crippen molar-refractivity contribution in [3.05, 3.63) is 114 Å². The quantitative estimate of drug-likeness (QED) is 0.152. The van der Waals surface area contributed by atoms with E-state index in [0.717, 1.165) is 57.3 Å². The van der Waals surface area contributed by atoms with Crippen molar-refractivity contribution in [3.63, 3.8) is 0 Å². The third kappa shape index (κ3) is 8.39. The van der Waals surface area contributed by atoms with Crippen molar-refractivity contribution in [1.29, 1.82) is 0 Å². The van der Waals surface area contributed by atoms with Crippen LogP contribution >= 0.6 is 0 Å². The maximum Gasteiger partial charge on any atom is 0.319 e. The Morgan fingerprint density at radius 1 is 0.933 bits per heavy atom. The highest BCUT2D eigenvalue weighted by Gasteiger charge is 2.28. The van der Waals surface area contributed by atoms with E-state index in [0.29, 0.717) is 30.3 Å². The molecule has 8 heteroatoms. The smallest absolute Gasteiger partial charge is 0.319 e. The molecule has 236 valence electrons. The summed E-state index contributed by atoms with van der Waals surface area (Å²) in [5.74, 6) is 0.168. The standard InChI is InChI=1S/C37H46N6O2/c1-2-3-4-5-12-22-43(37(38)45)34-18-17-32(42-25-21-39-28-42)26-33(34)36(44)40-27-29-19-23-41(24-20-29)35(30-13-8-6-9-14-30)31-15-10-7-11-16-31/h6-11,13-18,21,25-26,28-29,35H,2-5,12,19-20,22-24,27H2,1H3,(H2,38,45)(H,40,44). The van der Waals surface area contributed by atoms with Gasteiger partial charge in [0.15, 0.2) is 0 Å². The van der Waals surface area contributed by atoms with Gasteiger partial charge in [0.25, 0.3) is 5.91 Å². The number of anilines is 1. The Kier molecular flexibility index (Phi) is 11.4. The van der Waals surface area contributed by atoms with E-state index in [9.17, 15) is 9.59 Å². The highest BCUT2D eigenvalue weighted by molar-refractivity contribution is 6.04. The molecular weight excluding hydrogens is 560 g/mol. The topological polar surface area (TPSA) is 96.5 Å². The van der Waals surface area contributed by atoms with Gasteiger partial charge in [-0.2, -0.15) is 0 Å². The van der Waals surface area contributed by atoms with Gasteiger partial charge in [0.2, 0.25) is 0 Å². The molecule has 0 saturated carbocycles. The number of unbranched alkanes of at least 4 members (excludes halogenated alkanes) is 4. The second-order valence-electron chi connectivity index (χ2n) is 12.0. The predicted octanol–water partition coefficient (Wildman–Crippen LogP) is 6.96. The van der Waals surface area contributed by atoms with Gasteiger partial charge in [-0.15, -0.1) is 0 Å². The molecule has 1 fully saturated rings. The number of rotatable bonds is 14. The summed E-state index contributed by atoms with van der Waals surface area (Å²) in [6, 6.07) is 26.6. The average Bonchev–Trinajstić information content (AvgIpc) is 3.62. The molecule has 5 rings (SSSR count). The molecule has 45 heavy (non-hydrogen) atoms. The minimum absolute atomic E-state index is 0.196. The number of carbonyl (C=O) groups is 2. The first kappa shape index (κ1) is 32.0. The SMILES string of the molecule is CCCCCCCN(C(N)=O)c1ccc(-n2ccnc2)cc1C(=O)NCC1CCN(C(c2ccccc2)c2ccccc2)CC1. The highest BCUT2D eigenvalue weighted by atomic mass is 16.2. The number of nitrogens with two attached hydrogens (primary N) is 1. The molecule has 2 heterocycles. The van der Waals surface area contributed by atoms with Gasteiger partial charge in [-0.3, -0.25) is 14.6 Å². The summed E-state index contributed by atoms with van der Waals surface area (Å²) in [4.78, 5) is 34.6. The van der Waals surface area contributed by atoms with E-state index in [1.165, 1.54) is 17.5 Å². The van der Waals surface area contributed by atoms with Crippen molar-refractivity contribution >= 4 is 17.6 Å². The van der Waals surface area contributed by atoms with E-state index in [1.807, 2.05) is 29.0 Å². The molecule has 1 aliphatic heterocycles. The van der Waals surface area contributed by atoms with Crippen molar-refractivity contribution in [2.45, 2.75) is 57.9 Å². The van der Waals surface area contributed by atoms with Crippen LogP contribution in [-0.4, -0.2) is 52.6 Å². The normalized spacial score (nSPS) is 14.0. The number of nitrogens with one attached hydrogen (secondary N) is 1. The molecule has 0 spiro atoms. The molecule has 8 nitrogen and oxygen atoms in total. The molecule has 1 aliphatic rings. The number of imidazole rings is 1. The molecule has 3 N–H and O–H groups in total. The summed E-state index contributed by atoms with van der Waals surface area (Å²) in [6.45, 7) is 5.13. The number of benzene rings is 3. The van der Waals surface area contributed by atoms with Crippen LogP contribution in [-0.2, 0) is 0 Å². The second-order valence-corrected chi connectivity index (χ2v) is 12.0. The van der Waals surface area contributed by atoms with Crippen LogP contribution in [0.4, 0.5) is 10.5 Å². The number of nitrogens with zero attached hydrogens (tertiary/aromatic N) is 4. The molecule has 4 aromatic rings. The van der Waals surface area contributed by atoms with Crippen LogP contribution in [0.25, 0.3) is 5.69 Å². The van der Waals surface area contributed by atoms with Gasteiger partial charge in [0.1, 0.15) is 0 Å². The van der Waals surface area contributed by atoms with Gasteiger partial charge in [-0.1, -0.05) is 93.3 Å². The van der Waals surface area contributed by atoms with Crippen molar-refractivity contribution < 1.29 is 9.59 Å². The van der Waals surface area contributed by atoms with Gasteiger partial charge < -0.3 is 15.6 Å². The maximum atomic E-state index is 13.8. The lowest BCUT2D eigenvalue weighted by atomic mass is 9.91. The molecule has 0 aliphatic carbocycles. The zero-order valence-corrected chi connectivity index (χ0v) is 26.4. The minimum Gasteiger partial charge on any atom is -0.352 e. The molecule has 1 saturated heterocycles. The number of carbonyl (C=O) groups excluding carboxylic acids is 2. The van der Waals surface area contributed by atoms with E-state index in [4.69, 9.17) is 5.73 Å². The predicted molar refractivity (Wildman–Crippen MR) is 181 cm³/mol. The summed E-state index contributed by atoms with van der Waals surface area (Å²) in [7, 11) is 0. The number of hydrogen-bond donors (Lipinski definition) is 2. The summed E-state index contributed by atoms with van der Waals surface area (Å²) < 4.78 is 1.85. The minimum atomic E-state index is -0.548. The first-order chi connectivity index (χ1) is 22.0. The van der Waals surface area contributed by atoms with Gasteiger partial charge in [-0.25, -0.2) is 9.78 Å². The Labute approximate surface area is 267 Å². The van der Waals surface area contributed by atoms with Crippen molar-refractivity contribution in [1.82, 2.24) is 19.8 Å². The Morgan fingerprint density at radius 2 is 1.60 bits per heavy atom. The number of hydrogen-bond acceptors (Lipinski definition) is 4. The van der Waals surface area contributed by atoms with Crippen molar-refractivity contribution in [2.75, 3.05) is 31.1 Å². The van der Waals surface area contributed by atoms with E-state index < -0.39 is 6.03 Å². The number of likely N-dealkylation sites (tertiary alicyclic amines) is 1. The summed E-state index contributed by atoms with van der Waals surface area (Å²) >= 11 is 0. The molecule has 0 atom stereocenters. The molecule has 0 bridgehead atoms.